The van der Waals surface area contributed by atoms with Gasteiger partial charge < -0.3 is 1.43 Å². The molecule has 17 heavy (non-hydrogen) atoms. The molecular weight excluding hydrogens is 199 g/mol. The van der Waals surface area contributed by atoms with Crippen LogP contribution in [-0.4, -0.2) is 0 Å². The van der Waals surface area contributed by atoms with Gasteiger partial charge in [0.25, 0.3) is 0 Å². The van der Waals surface area contributed by atoms with E-state index in [2.05, 4.69) is 58.9 Å². The van der Waals surface area contributed by atoms with Crippen LogP contribution in [0.3, 0.4) is 0 Å². The van der Waals surface area contributed by atoms with E-state index in [4.69, 9.17) is 0 Å². The summed E-state index contributed by atoms with van der Waals surface area (Å²) in [6.07, 6.45) is 0. The third-order valence-corrected chi connectivity index (χ3v) is 3.53. The summed E-state index contributed by atoms with van der Waals surface area (Å²) in [6.45, 7) is 11.2. The monoisotopic (exact) mass is 220 g/mol. The molecule has 0 atom stereocenters. The van der Waals surface area contributed by atoms with Crippen molar-refractivity contribution in [3.8, 4) is 11.1 Å². The van der Waals surface area contributed by atoms with Gasteiger partial charge in [-0.15, -0.1) is 0 Å². The van der Waals surface area contributed by atoms with Gasteiger partial charge in [0.05, 0.1) is 0 Å². The van der Waals surface area contributed by atoms with Crippen molar-refractivity contribution in [2.45, 2.75) is 40.5 Å². The summed E-state index contributed by atoms with van der Waals surface area (Å²) in [6, 6.07) is 9.02. The molecule has 0 bridgehead atoms. The molecule has 2 aliphatic carbocycles. The smallest absolute Gasteiger partial charge is 1.00 e. The molecule has 1 heteroatoms. The van der Waals surface area contributed by atoms with Crippen molar-refractivity contribution in [2.75, 3.05) is 0 Å². The molecule has 0 saturated carbocycles. The molecule has 0 aromatic carbocycles. The first-order valence-corrected chi connectivity index (χ1v) is 6.01. The Balaban J connectivity index is 0.00000144. The van der Waals surface area contributed by atoms with Gasteiger partial charge >= 0.3 is 18.9 Å². The Hall–Kier alpha value is -0.703. The molecule has 0 heterocycles. The molecule has 2 aliphatic rings. The molecule has 0 amide bonds. The first kappa shape index (κ1) is 14.4. The van der Waals surface area contributed by atoms with Crippen LogP contribution in [-0.2, 0) is 0 Å². The third-order valence-electron chi connectivity index (χ3n) is 3.53. The Morgan fingerprint density at radius 3 is 2.06 bits per heavy atom. The molecule has 86 valence electrons. The minimum Gasteiger partial charge on any atom is -1.00 e. The summed E-state index contributed by atoms with van der Waals surface area (Å²) in [7, 11) is 0. The van der Waals surface area contributed by atoms with E-state index in [1.165, 1.54) is 33.4 Å². The summed E-state index contributed by atoms with van der Waals surface area (Å²) in [5.74, 6) is 0.587. The van der Waals surface area contributed by atoms with Crippen molar-refractivity contribution in [2.24, 2.45) is 0 Å². The van der Waals surface area contributed by atoms with Gasteiger partial charge in [0.2, 0.25) is 0 Å². The quantitative estimate of drug-likeness (QED) is 0.644. The molecule has 0 N–H and O–H groups in total. The van der Waals surface area contributed by atoms with Crippen LogP contribution in [0.5, 0.6) is 0 Å². The Bertz CT molecular complexity index is 503. The van der Waals surface area contributed by atoms with Crippen molar-refractivity contribution >= 4 is 0 Å². The van der Waals surface area contributed by atoms with E-state index in [-0.39, 0.29) is 20.3 Å². The maximum atomic E-state index is 2.29. The second kappa shape index (κ2) is 5.30. The van der Waals surface area contributed by atoms with E-state index in [0.717, 1.165) is 0 Å². The molecule has 0 radical (unpaired) electrons. The molecule has 0 fully saturated rings. The van der Waals surface area contributed by atoms with Gasteiger partial charge in [0.15, 0.2) is 0 Å². The van der Waals surface area contributed by atoms with Crippen LogP contribution in [0.25, 0.3) is 11.1 Å². The van der Waals surface area contributed by atoms with E-state index >= 15 is 0 Å². The molecule has 0 spiro atoms. The fourth-order valence-electron chi connectivity index (χ4n) is 2.61. The van der Waals surface area contributed by atoms with Crippen LogP contribution in [0, 0.1) is 20.8 Å². The minimum atomic E-state index is 0. The van der Waals surface area contributed by atoms with Gasteiger partial charge in [0, 0.05) is 0 Å². The number of hydrogen-bond acceptors (Lipinski definition) is 0. The van der Waals surface area contributed by atoms with Gasteiger partial charge in [-0.1, -0.05) is 38.1 Å². The maximum absolute atomic E-state index is 2.29. The Morgan fingerprint density at radius 1 is 0.882 bits per heavy atom. The Labute approximate surface area is 118 Å². The zero-order valence-corrected chi connectivity index (χ0v) is 11.9. The summed E-state index contributed by atoms with van der Waals surface area (Å²) >= 11 is 0. The molecule has 0 aromatic heterocycles. The van der Waals surface area contributed by atoms with Crippen LogP contribution in [0.4, 0.5) is 0 Å². The van der Waals surface area contributed by atoms with Crippen LogP contribution < -0.4 is 18.9 Å². The average molecular weight is 220 g/mol. The number of rotatable bonds is 1. The molecule has 2 rings (SSSR count). The van der Waals surface area contributed by atoms with Gasteiger partial charge in [-0.05, 0) is 60.1 Å². The SMILES string of the molecule is Cc1ccc(C(C)C)c(C)c2c(C)ccc1-2.[H-].[Li+]. The van der Waals surface area contributed by atoms with Crippen molar-refractivity contribution in [3.63, 3.8) is 0 Å². The van der Waals surface area contributed by atoms with E-state index in [0.29, 0.717) is 5.92 Å². The Kier molecular flexibility index (Phi) is 4.47. The van der Waals surface area contributed by atoms with E-state index in [9.17, 15) is 0 Å². The fourth-order valence-corrected chi connectivity index (χ4v) is 2.61. The number of fused-ring (bicyclic) bond motifs is 1. The zero-order chi connectivity index (χ0) is 11.9. The predicted octanol–water partition coefficient (Wildman–Crippen LogP) is 1.96. The number of aryl methyl sites for hydroxylation is 2. The van der Waals surface area contributed by atoms with Crippen LogP contribution in [0.15, 0.2) is 24.3 Å². The summed E-state index contributed by atoms with van der Waals surface area (Å²) in [4.78, 5) is 0. The van der Waals surface area contributed by atoms with Crippen molar-refractivity contribution in [1.82, 2.24) is 0 Å². The third kappa shape index (κ3) is 2.44. The predicted molar refractivity (Wildman–Crippen MR) is 72.5 cm³/mol. The second-order valence-electron chi connectivity index (χ2n) is 5.06. The summed E-state index contributed by atoms with van der Waals surface area (Å²) in [5, 5.41) is 0. The summed E-state index contributed by atoms with van der Waals surface area (Å²) in [5.41, 5.74) is 8.54. The van der Waals surface area contributed by atoms with E-state index in [1.54, 1.807) is 0 Å². The molecule has 0 aromatic rings. The van der Waals surface area contributed by atoms with E-state index in [1.807, 2.05) is 0 Å². The largest absolute Gasteiger partial charge is 1.00 e. The van der Waals surface area contributed by atoms with Crippen molar-refractivity contribution in [3.05, 3.63) is 46.5 Å². The topological polar surface area (TPSA) is 0 Å². The van der Waals surface area contributed by atoms with Gasteiger partial charge in [-0.3, -0.25) is 0 Å². The van der Waals surface area contributed by atoms with Crippen molar-refractivity contribution in [1.29, 1.82) is 0 Å². The van der Waals surface area contributed by atoms with Gasteiger partial charge in [0.1, 0.15) is 0 Å². The molecule has 0 saturated heterocycles. The fraction of sp³-hybridized carbons (Fsp3) is 0.375. The molecular formula is C16H21Li. The van der Waals surface area contributed by atoms with Crippen LogP contribution in [0.1, 0.15) is 43.4 Å². The maximum Gasteiger partial charge on any atom is 1.00 e. The zero-order valence-electron chi connectivity index (χ0n) is 12.9. The normalized spacial score (nSPS) is 10.7. The van der Waals surface area contributed by atoms with Crippen LogP contribution in [0.2, 0.25) is 0 Å². The van der Waals surface area contributed by atoms with Gasteiger partial charge in [-0.25, -0.2) is 0 Å². The first-order valence-electron chi connectivity index (χ1n) is 6.01. The first-order chi connectivity index (χ1) is 7.52. The number of hydrogen-bond donors (Lipinski definition) is 0. The molecule has 0 aliphatic heterocycles. The second-order valence-corrected chi connectivity index (χ2v) is 5.06. The van der Waals surface area contributed by atoms with Crippen molar-refractivity contribution < 1.29 is 20.3 Å². The van der Waals surface area contributed by atoms with Gasteiger partial charge in [-0.2, -0.15) is 0 Å². The Morgan fingerprint density at radius 2 is 1.47 bits per heavy atom. The molecule has 0 nitrogen and oxygen atoms in total. The summed E-state index contributed by atoms with van der Waals surface area (Å²) < 4.78 is 0. The standard InChI is InChI=1S/C16H20.Li.H/c1-10(2)14-8-6-11(3)15-9-7-12(4)16(15)13(14)5;;/h6-10H,1-5H3;;/q;+1;-1. The van der Waals surface area contributed by atoms with E-state index < -0.39 is 0 Å². The minimum absolute atomic E-state index is 0. The average Bonchev–Trinajstić information content (AvgIpc) is 2.53. The van der Waals surface area contributed by atoms with Crippen LogP contribution >= 0.6 is 0 Å². The molecule has 0 unspecified atom stereocenters.